The molecular formula is C14H9BrO3. The summed E-state index contributed by atoms with van der Waals surface area (Å²) in [5, 5.41) is 0. The normalized spacial score (nSPS) is 17.8. The van der Waals surface area contributed by atoms with Crippen molar-refractivity contribution in [1.82, 2.24) is 0 Å². The minimum absolute atomic E-state index is 0.112. The third-order valence-corrected chi connectivity index (χ3v) is 3.65. The summed E-state index contributed by atoms with van der Waals surface area (Å²) in [6.07, 6.45) is 1.89. The van der Waals surface area contributed by atoms with E-state index >= 15 is 0 Å². The Morgan fingerprint density at radius 1 is 1.33 bits per heavy atom. The standard InChI is InChI=1S/C14H9BrO3/c15-9-3-4-10-8(6-9)7-11(13(10)16)14(17)12-2-1-5-18-12/h1-6,11H,7H2. The number of ketones is 2. The van der Waals surface area contributed by atoms with E-state index in [4.69, 9.17) is 4.42 Å². The second-order valence-electron chi connectivity index (χ2n) is 4.26. The first-order chi connectivity index (χ1) is 8.66. The Hall–Kier alpha value is -1.68. The van der Waals surface area contributed by atoms with Crippen molar-refractivity contribution in [2.24, 2.45) is 5.92 Å². The van der Waals surface area contributed by atoms with Crippen LogP contribution >= 0.6 is 15.9 Å². The zero-order chi connectivity index (χ0) is 12.7. The number of rotatable bonds is 2. The van der Waals surface area contributed by atoms with Crippen molar-refractivity contribution in [2.45, 2.75) is 6.42 Å². The van der Waals surface area contributed by atoms with Gasteiger partial charge in [0.1, 0.15) is 0 Å². The predicted molar refractivity (Wildman–Crippen MR) is 68.7 cm³/mol. The van der Waals surface area contributed by atoms with E-state index in [1.165, 1.54) is 6.26 Å². The van der Waals surface area contributed by atoms with E-state index in [0.717, 1.165) is 10.0 Å². The van der Waals surface area contributed by atoms with Crippen molar-refractivity contribution in [3.05, 3.63) is 58.0 Å². The van der Waals surface area contributed by atoms with Crippen LogP contribution in [-0.2, 0) is 6.42 Å². The third kappa shape index (κ3) is 1.73. The van der Waals surface area contributed by atoms with Crippen LogP contribution in [0.25, 0.3) is 0 Å². The lowest BCUT2D eigenvalue weighted by molar-refractivity contribution is 0.0804. The number of halogens is 1. The van der Waals surface area contributed by atoms with Crippen LogP contribution in [0.4, 0.5) is 0 Å². The molecule has 1 aliphatic carbocycles. The molecule has 0 saturated carbocycles. The summed E-state index contributed by atoms with van der Waals surface area (Å²) in [5.74, 6) is -0.739. The SMILES string of the molecule is O=C(c1ccco1)C1Cc2cc(Br)ccc2C1=O. The highest BCUT2D eigenvalue weighted by Gasteiger charge is 2.37. The molecule has 0 fully saturated rings. The minimum Gasteiger partial charge on any atom is -0.461 e. The Morgan fingerprint density at radius 3 is 2.89 bits per heavy atom. The summed E-state index contributed by atoms with van der Waals surface area (Å²) in [4.78, 5) is 24.3. The van der Waals surface area contributed by atoms with Crippen LogP contribution in [0.15, 0.2) is 45.5 Å². The van der Waals surface area contributed by atoms with Crippen molar-refractivity contribution < 1.29 is 14.0 Å². The molecule has 1 aromatic carbocycles. The first-order valence-corrected chi connectivity index (χ1v) is 6.36. The number of furan rings is 1. The number of fused-ring (bicyclic) bond motifs is 1. The number of hydrogen-bond donors (Lipinski definition) is 0. The van der Waals surface area contributed by atoms with Crippen LogP contribution in [0.2, 0.25) is 0 Å². The first-order valence-electron chi connectivity index (χ1n) is 5.57. The van der Waals surface area contributed by atoms with Crippen LogP contribution in [0.3, 0.4) is 0 Å². The molecule has 4 heteroatoms. The number of benzene rings is 1. The third-order valence-electron chi connectivity index (χ3n) is 3.15. The number of hydrogen-bond acceptors (Lipinski definition) is 3. The summed E-state index contributed by atoms with van der Waals surface area (Å²) < 4.78 is 5.98. The zero-order valence-electron chi connectivity index (χ0n) is 9.35. The number of Topliss-reactive ketones (excluding diaryl/α,β-unsaturated/α-hetero) is 2. The summed E-state index contributed by atoms with van der Waals surface area (Å²) in [5.41, 5.74) is 1.56. The fourth-order valence-corrected chi connectivity index (χ4v) is 2.68. The Labute approximate surface area is 112 Å². The highest BCUT2D eigenvalue weighted by atomic mass is 79.9. The fourth-order valence-electron chi connectivity index (χ4n) is 2.27. The maximum Gasteiger partial charge on any atom is 0.209 e. The molecule has 18 heavy (non-hydrogen) atoms. The van der Waals surface area contributed by atoms with Gasteiger partial charge in [-0.3, -0.25) is 9.59 Å². The van der Waals surface area contributed by atoms with Crippen LogP contribution < -0.4 is 0 Å². The van der Waals surface area contributed by atoms with Gasteiger partial charge >= 0.3 is 0 Å². The van der Waals surface area contributed by atoms with Crippen LogP contribution in [0.5, 0.6) is 0 Å². The molecule has 1 aliphatic rings. The van der Waals surface area contributed by atoms with E-state index in [2.05, 4.69) is 15.9 Å². The molecule has 0 radical (unpaired) electrons. The molecule has 1 heterocycles. The average molecular weight is 305 g/mol. The first kappa shape index (κ1) is 11.4. The highest BCUT2D eigenvalue weighted by Crippen LogP contribution is 2.31. The molecular weight excluding hydrogens is 296 g/mol. The van der Waals surface area contributed by atoms with Gasteiger partial charge in [-0.25, -0.2) is 0 Å². The summed E-state index contributed by atoms with van der Waals surface area (Å²) in [7, 11) is 0. The summed E-state index contributed by atoms with van der Waals surface area (Å²) in [6, 6.07) is 8.71. The zero-order valence-corrected chi connectivity index (χ0v) is 10.9. The van der Waals surface area contributed by atoms with Gasteiger partial charge in [0.05, 0.1) is 12.2 Å². The predicted octanol–water partition coefficient (Wildman–Crippen LogP) is 3.28. The topological polar surface area (TPSA) is 47.3 Å². The monoisotopic (exact) mass is 304 g/mol. The summed E-state index contributed by atoms with van der Waals surface area (Å²) in [6.45, 7) is 0. The van der Waals surface area contributed by atoms with Crippen molar-refractivity contribution in [2.75, 3.05) is 0 Å². The summed E-state index contributed by atoms with van der Waals surface area (Å²) >= 11 is 3.37. The molecule has 90 valence electrons. The molecule has 3 rings (SSSR count). The molecule has 1 atom stereocenters. The second kappa shape index (κ2) is 4.21. The maximum absolute atomic E-state index is 12.2. The van der Waals surface area contributed by atoms with Crippen molar-refractivity contribution in [1.29, 1.82) is 0 Å². The lowest BCUT2D eigenvalue weighted by Gasteiger charge is -2.03. The molecule has 0 aliphatic heterocycles. The van der Waals surface area contributed by atoms with Gasteiger partial charge < -0.3 is 4.42 Å². The maximum atomic E-state index is 12.2. The Balaban J connectivity index is 1.95. The highest BCUT2D eigenvalue weighted by molar-refractivity contribution is 9.10. The molecule has 1 aromatic heterocycles. The number of carbonyl (C=O) groups excluding carboxylic acids is 2. The van der Waals surface area contributed by atoms with E-state index in [1.807, 2.05) is 12.1 Å². The van der Waals surface area contributed by atoms with E-state index in [9.17, 15) is 9.59 Å². The van der Waals surface area contributed by atoms with Gasteiger partial charge in [-0.05, 0) is 42.3 Å². The van der Waals surface area contributed by atoms with Crippen LogP contribution in [0.1, 0.15) is 26.5 Å². The van der Waals surface area contributed by atoms with Gasteiger partial charge in [0.15, 0.2) is 11.5 Å². The molecule has 0 spiro atoms. The fraction of sp³-hybridized carbons (Fsp3) is 0.143. The van der Waals surface area contributed by atoms with E-state index in [-0.39, 0.29) is 17.3 Å². The van der Waals surface area contributed by atoms with Crippen LogP contribution in [0, 0.1) is 5.92 Å². The van der Waals surface area contributed by atoms with Gasteiger partial charge in [0.25, 0.3) is 0 Å². The average Bonchev–Trinajstić information content (AvgIpc) is 2.97. The van der Waals surface area contributed by atoms with Gasteiger partial charge in [0.2, 0.25) is 5.78 Å². The van der Waals surface area contributed by atoms with Gasteiger partial charge in [0, 0.05) is 10.0 Å². The lowest BCUT2D eigenvalue weighted by Crippen LogP contribution is -2.20. The molecule has 3 nitrogen and oxygen atoms in total. The molecule has 2 aromatic rings. The van der Waals surface area contributed by atoms with Gasteiger partial charge in [-0.1, -0.05) is 15.9 Å². The quantitative estimate of drug-likeness (QED) is 0.632. The van der Waals surface area contributed by atoms with E-state index in [1.54, 1.807) is 18.2 Å². The minimum atomic E-state index is -0.638. The molecule has 0 amide bonds. The van der Waals surface area contributed by atoms with E-state index in [0.29, 0.717) is 12.0 Å². The molecule has 1 unspecified atom stereocenters. The van der Waals surface area contributed by atoms with E-state index < -0.39 is 5.92 Å². The van der Waals surface area contributed by atoms with Crippen molar-refractivity contribution in [3.8, 4) is 0 Å². The molecule has 0 N–H and O–H groups in total. The van der Waals surface area contributed by atoms with Gasteiger partial charge in [-0.15, -0.1) is 0 Å². The van der Waals surface area contributed by atoms with Crippen LogP contribution in [-0.4, -0.2) is 11.6 Å². The Bertz CT molecular complexity index is 628. The van der Waals surface area contributed by atoms with Gasteiger partial charge in [-0.2, -0.15) is 0 Å². The molecule has 0 saturated heterocycles. The lowest BCUT2D eigenvalue weighted by atomic mass is 9.98. The van der Waals surface area contributed by atoms with Crippen molar-refractivity contribution >= 4 is 27.5 Å². The van der Waals surface area contributed by atoms with Crippen molar-refractivity contribution in [3.63, 3.8) is 0 Å². The second-order valence-corrected chi connectivity index (χ2v) is 5.18. The number of carbonyl (C=O) groups is 2. The smallest absolute Gasteiger partial charge is 0.209 e. The largest absolute Gasteiger partial charge is 0.461 e. The Kier molecular flexibility index (Phi) is 2.67. The Morgan fingerprint density at radius 2 is 2.17 bits per heavy atom. The molecule has 0 bridgehead atoms.